The van der Waals surface area contributed by atoms with Crippen molar-refractivity contribution < 1.29 is 9.53 Å². The molecule has 1 aliphatic heterocycles. The summed E-state index contributed by atoms with van der Waals surface area (Å²) in [7, 11) is 0. The van der Waals surface area contributed by atoms with Crippen LogP contribution in [0.3, 0.4) is 0 Å². The molecule has 3 rings (SSSR count). The van der Waals surface area contributed by atoms with E-state index in [2.05, 4.69) is 16.4 Å². The van der Waals surface area contributed by atoms with Crippen LogP contribution in [0.15, 0.2) is 42.6 Å². The van der Waals surface area contributed by atoms with E-state index in [1.54, 1.807) is 17.2 Å². The number of amides is 1. The Morgan fingerprint density at radius 3 is 2.79 bits per heavy atom. The van der Waals surface area contributed by atoms with Crippen molar-refractivity contribution in [3.63, 3.8) is 0 Å². The van der Waals surface area contributed by atoms with E-state index in [0.717, 1.165) is 23.7 Å². The van der Waals surface area contributed by atoms with E-state index in [1.165, 1.54) is 5.56 Å². The van der Waals surface area contributed by atoms with Gasteiger partial charge in [-0.3, -0.25) is 4.79 Å². The molecule has 1 aromatic carbocycles. The number of hydrogen-bond acceptors (Lipinski definition) is 4. The molecule has 0 aliphatic carbocycles. The lowest BCUT2D eigenvalue weighted by Crippen LogP contribution is -2.41. The number of benzene rings is 1. The molecule has 0 spiro atoms. The van der Waals surface area contributed by atoms with Crippen molar-refractivity contribution in [1.82, 2.24) is 9.88 Å². The molecule has 0 bridgehead atoms. The number of aromatic nitrogens is 1. The summed E-state index contributed by atoms with van der Waals surface area (Å²) < 4.78 is 5.26. The Morgan fingerprint density at radius 1 is 1.25 bits per heavy atom. The largest absolute Gasteiger partial charge is 0.383 e. The molecule has 0 unspecified atom stereocenters. The molecule has 1 fully saturated rings. The molecule has 1 aromatic heterocycles. The van der Waals surface area contributed by atoms with Crippen LogP contribution in [0.5, 0.6) is 0 Å². The molecule has 126 valence electrons. The van der Waals surface area contributed by atoms with Crippen molar-refractivity contribution in [1.29, 1.82) is 0 Å². The van der Waals surface area contributed by atoms with E-state index in [0.29, 0.717) is 32.0 Å². The standard InChI is InChI=1S/C18H20ClN3O2/c19-15-3-1-2-14(12-15)6-7-20-16-4-5-17(21-13-16)18(23)22-8-10-24-11-9-22/h1-5,12-13,20H,6-11H2. The number of hydrogen-bond donors (Lipinski definition) is 1. The van der Waals surface area contributed by atoms with Gasteiger partial charge in [0.15, 0.2) is 0 Å². The third-order valence-corrected chi connectivity index (χ3v) is 4.15. The highest BCUT2D eigenvalue weighted by atomic mass is 35.5. The molecule has 0 saturated carbocycles. The van der Waals surface area contributed by atoms with Crippen molar-refractivity contribution in [2.45, 2.75) is 6.42 Å². The van der Waals surface area contributed by atoms with Gasteiger partial charge in [-0.1, -0.05) is 23.7 Å². The number of carbonyl (C=O) groups excluding carboxylic acids is 1. The monoisotopic (exact) mass is 345 g/mol. The third-order valence-electron chi connectivity index (χ3n) is 3.91. The summed E-state index contributed by atoms with van der Waals surface area (Å²) >= 11 is 5.98. The second-order valence-electron chi connectivity index (χ2n) is 5.64. The lowest BCUT2D eigenvalue weighted by molar-refractivity contribution is 0.0299. The molecular formula is C18H20ClN3O2. The number of pyridine rings is 1. The number of nitrogens with one attached hydrogen (secondary N) is 1. The minimum Gasteiger partial charge on any atom is -0.383 e. The lowest BCUT2D eigenvalue weighted by atomic mass is 10.1. The van der Waals surface area contributed by atoms with Crippen LogP contribution >= 0.6 is 11.6 Å². The highest BCUT2D eigenvalue weighted by Crippen LogP contribution is 2.12. The normalized spacial score (nSPS) is 14.5. The first-order chi connectivity index (χ1) is 11.7. The fraction of sp³-hybridized carbons (Fsp3) is 0.333. The summed E-state index contributed by atoms with van der Waals surface area (Å²) in [6.45, 7) is 3.21. The Kier molecular flexibility index (Phi) is 5.67. The number of nitrogens with zero attached hydrogens (tertiary/aromatic N) is 2. The van der Waals surface area contributed by atoms with Gasteiger partial charge in [-0.05, 0) is 36.2 Å². The summed E-state index contributed by atoms with van der Waals surface area (Å²) in [5.74, 6) is -0.0382. The van der Waals surface area contributed by atoms with Gasteiger partial charge in [-0.15, -0.1) is 0 Å². The Hall–Kier alpha value is -2.11. The summed E-state index contributed by atoms with van der Waals surface area (Å²) in [6.07, 6.45) is 2.57. The number of ether oxygens (including phenoxy) is 1. The van der Waals surface area contributed by atoms with Gasteiger partial charge in [0.05, 0.1) is 25.1 Å². The number of morpholine rings is 1. The average Bonchev–Trinajstić information content (AvgIpc) is 2.63. The highest BCUT2D eigenvalue weighted by Gasteiger charge is 2.19. The third kappa shape index (κ3) is 4.46. The topological polar surface area (TPSA) is 54.5 Å². The molecule has 1 aliphatic rings. The predicted octanol–water partition coefficient (Wildman–Crippen LogP) is 2.86. The van der Waals surface area contributed by atoms with Crippen LogP contribution in [-0.4, -0.2) is 48.6 Å². The maximum Gasteiger partial charge on any atom is 0.272 e. The van der Waals surface area contributed by atoms with Crippen molar-refractivity contribution >= 4 is 23.2 Å². The summed E-state index contributed by atoms with van der Waals surface area (Å²) in [4.78, 5) is 18.4. The predicted molar refractivity (Wildman–Crippen MR) is 94.6 cm³/mol. The quantitative estimate of drug-likeness (QED) is 0.905. The van der Waals surface area contributed by atoms with Crippen LogP contribution in [-0.2, 0) is 11.2 Å². The zero-order chi connectivity index (χ0) is 16.8. The van der Waals surface area contributed by atoms with E-state index in [-0.39, 0.29) is 5.91 Å². The molecule has 5 nitrogen and oxygen atoms in total. The van der Waals surface area contributed by atoms with E-state index in [9.17, 15) is 4.79 Å². The molecule has 1 N–H and O–H groups in total. The summed E-state index contributed by atoms with van der Waals surface area (Å²) in [5.41, 5.74) is 2.55. The Morgan fingerprint density at radius 2 is 2.08 bits per heavy atom. The molecule has 6 heteroatoms. The average molecular weight is 346 g/mol. The van der Waals surface area contributed by atoms with Crippen LogP contribution in [0.25, 0.3) is 0 Å². The zero-order valence-corrected chi connectivity index (χ0v) is 14.1. The molecular weight excluding hydrogens is 326 g/mol. The van der Waals surface area contributed by atoms with Crippen LogP contribution < -0.4 is 5.32 Å². The van der Waals surface area contributed by atoms with E-state index in [1.807, 2.05) is 24.3 Å². The van der Waals surface area contributed by atoms with Crippen molar-refractivity contribution in [3.05, 3.63) is 58.9 Å². The molecule has 24 heavy (non-hydrogen) atoms. The van der Waals surface area contributed by atoms with Crippen molar-refractivity contribution in [2.24, 2.45) is 0 Å². The second kappa shape index (κ2) is 8.13. The highest BCUT2D eigenvalue weighted by molar-refractivity contribution is 6.30. The first-order valence-electron chi connectivity index (χ1n) is 8.04. The van der Waals surface area contributed by atoms with Gasteiger partial charge >= 0.3 is 0 Å². The second-order valence-corrected chi connectivity index (χ2v) is 6.08. The number of carbonyl (C=O) groups is 1. The minimum atomic E-state index is -0.0382. The van der Waals surface area contributed by atoms with Gasteiger partial charge < -0.3 is 15.0 Å². The van der Waals surface area contributed by atoms with E-state index in [4.69, 9.17) is 16.3 Å². The number of anilines is 1. The van der Waals surface area contributed by atoms with Crippen molar-refractivity contribution in [3.8, 4) is 0 Å². The van der Waals surface area contributed by atoms with E-state index < -0.39 is 0 Å². The van der Waals surface area contributed by atoms with Gasteiger partial charge in [0.1, 0.15) is 5.69 Å². The summed E-state index contributed by atoms with van der Waals surface area (Å²) in [6, 6.07) is 11.5. The molecule has 0 atom stereocenters. The van der Waals surface area contributed by atoms with Gasteiger partial charge in [-0.2, -0.15) is 0 Å². The van der Waals surface area contributed by atoms with Crippen molar-refractivity contribution in [2.75, 3.05) is 38.2 Å². The Labute approximate surface area is 146 Å². The molecule has 2 aromatic rings. The summed E-state index contributed by atoms with van der Waals surface area (Å²) in [5, 5.41) is 4.06. The Bertz CT molecular complexity index is 685. The van der Waals surface area contributed by atoms with E-state index >= 15 is 0 Å². The molecule has 0 radical (unpaired) electrons. The lowest BCUT2D eigenvalue weighted by Gasteiger charge is -2.26. The first-order valence-corrected chi connectivity index (χ1v) is 8.41. The minimum absolute atomic E-state index is 0.0382. The fourth-order valence-electron chi connectivity index (χ4n) is 2.60. The zero-order valence-electron chi connectivity index (χ0n) is 13.4. The molecule has 1 amide bonds. The van der Waals surface area contributed by atoms with Gasteiger partial charge in [0.2, 0.25) is 0 Å². The first kappa shape index (κ1) is 16.7. The molecule has 1 saturated heterocycles. The SMILES string of the molecule is O=C(c1ccc(NCCc2cccc(Cl)c2)cn1)N1CCOCC1. The smallest absolute Gasteiger partial charge is 0.272 e. The Balaban J connectivity index is 1.51. The van der Waals surface area contributed by atoms with Gasteiger partial charge in [0.25, 0.3) is 5.91 Å². The fourth-order valence-corrected chi connectivity index (χ4v) is 2.81. The maximum atomic E-state index is 12.3. The van der Waals surface area contributed by atoms with Crippen LogP contribution in [0.1, 0.15) is 16.1 Å². The number of rotatable bonds is 5. The van der Waals surface area contributed by atoms with Gasteiger partial charge in [-0.25, -0.2) is 4.98 Å². The number of halogens is 1. The maximum absolute atomic E-state index is 12.3. The van der Waals surface area contributed by atoms with Crippen LogP contribution in [0, 0.1) is 0 Å². The van der Waals surface area contributed by atoms with Gasteiger partial charge in [0, 0.05) is 24.7 Å². The van der Waals surface area contributed by atoms with Crippen LogP contribution in [0.4, 0.5) is 5.69 Å². The molecule has 2 heterocycles. The van der Waals surface area contributed by atoms with Crippen LogP contribution in [0.2, 0.25) is 5.02 Å².